The Balaban J connectivity index is 2.55. The van der Waals surface area contributed by atoms with E-state index in [0.29, 0.717) is 11.3 Å². The molecular formula is C13H10O3. The van der Waals surface area contributed by atoms with Gasteiger partial charge in [0.05, 0.1) is 11.8 Å². The van der Waals surface area contributed by atoms with Gasteiger partial charge in [0, 0.05) is 5.56 Å². The van der Waals surface area contributed by atoms with Crippen molar-refractivity contribution in [2.45, 2.75) is 0 Å². The zero-order valence-electron chi connectivity index (χ0n) is 8.51. The summed E-state index contributed by atoms with van der Waals surface area (Å²) in [6.07, 6.45) is 1.55. The predicted molar refractivity (Wildman–Crippen MR) is 60.8 cm³/mol. The van der Waals surface area contributed by atoms with Crippen molar-refractivity contribution in [3.63, 3.8) is 0 Å². The van der Waals surface area contributed by atoms with E-state index in [4.69, 9.17) is 9.52 Å². The number of benzene rings is 1. The number of carbonyl (C=O) groups is 1. The fourth-order valence-corrected chi connectivity index (χ4v) is 1.51. The van der Waals surface area contributed by atoms with Crippen LogP contribution in [0, 0.1) is 0 Å². The van der Waals surface area contributed by atoms with E-state index in [2.05, 4.69) is 6.58 Å². The van der Waals surface area contributed by atoms with Crippen molar-refractivity contribution in [1.29, 1.82) is 0 Å². The third-order valence-corrected chi connectivity index (χ3v) is 2.30. The van der Waals surface area contributed by atoms with Crippen molar-refractivity contribution >= 4 is 11.5 Å². The van der Waals surface area contributed by atoms with E-state index in [1.54, 1.807) is 30.5 Å². The average molecular weight is 214 g/mol. The van der Waals surface area contributed by atoms with Crippen LogP contribution in [0.5, 0.6) is 0 Å². The first-order chi connectivity index (χ1) is 7.70. The van der Waals surface area contributed by atoms with Crippen LogP contribution in [0.4, 0.5) is 0 Å². The van der Waals surface area contributed by atoms with E-state index in [1.807, 2.05) is 12.1 Å². The van der Waals surface area contributed by atoms with Gasteiger partial charge < -0.3 is 9.52 Å². The van der Waals surface area contributed by atoms with Gasteiger partial charge in [0.25, 0.3) is 0 Å². The molecule has 0 amide bonds. The Labute approximate surface area is 92.6 Å². The molecule has 0 aliphatic heterocycles. The lowest BCUT2D eigenvalue weighted by molar-refractivity contribution is -0.130. The normalized spacial score (nSPS) is 10.0. The summed E-state index contributed by atoms with van der Waals surface area (Å²) in [5.41, 5.74) is 1.37. The van der Waals surface area contributed by atoms with Crippen LogP contribution >= 0.6 is 0 Å². The van der Waals surface area contributed by atoms with Crippen LogP contribution in [-0.4, -0.2) is 11.1 Å². The third kappa shape index (κ3) is 1.75. The molecule has 0 atom stereocenters. The summed E-state index contributed by atoms with van der Waals surface area (Å²) in [6, 6.07) is 10.7. The second-order valence-corrected chi connectivity index (χ2v) is 3.31. The highest BCUT2D eigenvalue weighted by molar-refractivity contribution is 6.16. The molecule has 1 N–H and O–H groups in total. The molecule has 80 valence electrons. The van der Waals surface area contributed by atoms with Gasteiger partial charge in [0.1, 0.15) is 5.76 Å². The fraction of sp³-hybridized carbons (Fsp3) is 0. The van der Waals surface area contributed by atoms with Gasteiger partial charge in [-0.05, 0) is 17.7 Å². The Morgan fingerprint density at radius 3 is 2.56 bits per heavy atom. The summed E-state index contributed by atoms with van der Waals surface area (Å²) in [5, 5.41) is 8.93. The van der Waals surface area contributed by atoms with E-state index in [1.165, 1.54) is 0 Å². The molecular weight excluding hydrogens is 204 g/mol. The highest BCUT2D eigenvalue weighted by Crippen LogP contribution is 2.28. The van der Waals surface area contributed by atoms with Crippen molar-refractivity contribution < 1.29 is 14.3 Å². The van der Waals surface area contributed by atoms with E-state index in [9.17, 15) is 4.79 Å². The van der Waals surface area contributed by atoms with E-state index in [-0.39, 0.29) is 5.57 Å². The molecule has 0 aliphatic rings. The first kappa shape index (κ1) is 10.2. The first-order valence-electron chi connectivity index (χ1n) is 4.75. The van der Waals surface area contributed by atoms with Crippen molar-refractivity contribution in [2.24, 2.45) is 0 Å². The van der Waals surface area contributed by atoms with Crippen LogP contribution in [0.15, 0.2) is 53.7 Å². The average Bonchev–Trinajstić information content (AvgIpc) is 2.81. The van der Waals surface area contributed by atoms with Gasteiger partial charge in [0.2, 0.25) is 0 Å². The molecule has 0 spiro atoms. The van der Waals surface area contributed by atoms with Crippen LogP contribution in [0.25, 0.3) is 16.9 Å². The number of hydrogen-bond donors (Lipinski definition) is 1. The number of carboxylic acids is 1. The fourth-order valence-electron chi connectivity index (χ4n) is 1.51. The molecule has 16 heavy (non-hydrogen) atoms. The van der Waals surface area contributed by atoms with Gasteiger partial charge in [0.15, 0.2) is 0 Å². The highest BCUT2D eigenvalue weighted by Gasteiger charge is 2.13. The molecule has 0 unspecified atom stereocenters. The second-order valence-electron chi connectivity index (χ2n) is 3.31. The van der Waals surface area contributed by atoms with Gasteiger partial charge >= 0.3 is 5.97 Å². The molecule has 1 aromatic heterocycles. The predicted octanol–water partition coefficient (Wildman–Crippen LogP) is 3.04. The second kappa shape index (κ2) is 4.06. The molecule has 2 rings (SSSR count). The minimum Gasteiger partial charge on any atom is -0.478 e. The van der Waals surface area contributed by atoms with Crippen LogP contribution in [0.2, 0.25) is 0 Å². The first-order valence-corrected chi connectivity index (χ1v) is 4.75. The Kier molecular flexibility index (Phi) is 2.60. The smallest absolute Gasteiger partial charge is 0.335 e. The summed E-state index contributed by atoms with van der Waals surface area (Å²) < 4.78 is 5.26. The largest absolute Gasteiger partial charge is 0.478 e. The van der Waals surface area contributed by atoms with Crippen LogP contribution in [-0.2, 0) is 4.79 Å². The van der Waals surface area contributed by atoms with Crippen LogP contribution in [0.3, 0.4) is 0 Å². The number of furan rings is 1. The SMILES string of the molecule is C=C(C(=O)O)c1ccccc1-c1ccco1. The lowest BCUT2D eigenvalue weighted by Gasteiger charge is -2.06. The molecule has 1 heterocycles. The highest BCUT2D eigenvalue weighted by atomic mass is 16.4. The molecule has 3 heteroatoms. The van der Waals surface area contributed by atoms with Crippen molar-refractivity contribution in [3.05, 3.63) is 54.8 Å². The minimum absolute atomic E-state index is 0.0620. The summed E-state index contributed by atoms with van der Waals surface area (Å²) in [7, 11) is 0. The summed E-state index contributed by atoms with van der Waals surface area (Å²) in [6.45, 7) is 3.55. The maximum atomic E-state index is 10.9. The molecule has 3 nitrogen and oxygen atoms in total. The zero-order valence-corrected chi connectivity index (χ0v) is 8.51. The number of aliphatic carboxylic acids is 1. The summed E-state index contributed by atoms with van der Waals surface area (Å²) in [4.78, 5) is 10.9. The molecule has 0 aliphatic carbocycles. The maximum Gasteiger partial charge on any atom is 0.335 e. The molecule has 0 fully saturated rings. The quantitative estimate of drug-likeness (QED) is 0.799. The number of rotatable bonds is 3. The zero-order chi connectivity index (χ0) is 11.5. The third-order valence-electron chi connectivity index (χ3n) is 2.30. The molecule has 0 bridgehead atoms. The van der Waals surface area contributed by atoms with Gasteiger partial charge in [-0.15, -0.1) is 0 Å². The van der Waals surface area contributed by atoms with Crippen LogP contribution in [0.1, 0.15) is 5.56 Å². The van der Waals surface area contributed by atoms with Crippen molar-refractivity contribution in [1.82, 2.24) is 0 Å². The molecule has 1 aromatic carbocycles. The lowest BCUT2D eigenvalue weighted by atomic mass is 9.99. The van der Waals surface area contributed by atoms with Crippen molar-refractivity contribution in [2.75, 3.05) is 0 Å². The lowest BCUT2D eigenvalue weighted by Crippen LogP contribution is -1.99. The monoisotopic (exact) mass is 214 g/mol. The topological polar surface area (TPSA) is 50.4 Å². The Morgan fingerprint density at radius 2 is 1.94 bits per heavy atom. The van der Waals surface area contributed by atoms with Gasteiger partial charge in [-0.1, -0.05) is 30.8 Å². The Bertz CT molecular complexity index is 524. The molecule has 0 saturated heterocycles. The van der Waals surface area contributed by atoms with E-state index in [0.717, 1.165) is 5.56 Å². The van der Waals surface area contributed by atoms with Crippen molar-refractivity contribution in [3.8, 4) is 11.3 Å². The Morgan fingerprint density at radius 1 is 1.19 bits per heavy atom. The maximum absolute atomic E-state index is 10.9. The number of hydrogen-bond acceptors (Lipinski definition) is 2. The standard InChI is InChI=1S/C13H10O3/c1-9(13(14)15)10-5-2-3-6-11(10)12-7-4-8-16-12/h2-8H,1H2,(H,14,15). The minimum atomic E-state index is -1.03. The van der Waals surface area contributed by atoms with Gasteiger partial charge in [-0.25, -0.2) is 4.79 Å². The molecule has 2 aromatic rings. The van der Waals surface area contributed by atoms with E-state index < -0.39 is 5.97 Å². The van der Waals surface area contributed by atoms with Crippen LogP contribution < -0.4 is 0 Å². The molecule has 0 radical (unpaired) electrons. The van der Waals surface area contributed by atoms with Gasteiger partial charge in [-0.2, -0.15) is 0 Å². The van der Waals surface area contributed by atoms with Gasteiger partial charge in [-0.3, -0.25) is 0 Å². The van der Waals surface area contributed by atoms with E-state index >= 15 is 0 Å². The Hall–Kier alpha value is -2.29. The summed E-state index contributed by atoms with van der Waals surface area (Å²) >= 11 is 0. The summed E-state index contributed by atoms with van der Waals surface area (Å²) in [5.74, 6) is -0.392. The number of carboxylic acid groups (broad SMARTS) is 1. The molecule has 0 saturated carbocycles.